The van der Waals surface area contributed by atoms with Gasteiger partial charge in [-0.05, 0) is 43.3 Å². The number of nitrogens with one attached hydrogen (secondary N) is 1. The van der Waals surface area contributed by atoms with Crippen molar-refractivity contribution in [2.24, 2.45) is 0 Å². The molecule has 2 aromatic heterocycles. The Kier molecular flexibility index (Phi) is 4.07. The van der Waals surface area contributed by atoms with Gasteiger partial charge >= 0.3 is 0 Å². The van der Waals surface area contributed by atoms with Crippen LogP contribution in [0.5, 0.6) is 0 Å². The van der Waals surface area contributed by atoms with E-state index in [0.29, 0.717) is 28.8 Å². The molecule has 0 fully saturated rings. The Morgan fingerprint density at radius 1 is 0.923 bits per heavy atom. The molecule has 0 spiro atoms. The summed E-state index contributed by atoms with van der Waals surface area (Å²) < 4.78 is 10.9. The molecule has 0 aliphatic carbocycles. The van der Waals surface area contributed by atoms with E-state index in [-0.39, 0.29) is 5.91 Å². The second-order valence-electron chi connectivity index (χ2n) is 5.70. The Hall–Kier alpha value is -3.67. The molecule has 1 amide bonds. The van der Waals surface area contributed by atoms with Crippen molar-refractivity contribution in [2.75, 3.05) is 5.32 Å². The Labute approximate surface area is 149 Å². The molecule has 0 atom stereocenters. The van der Waals surface area contributed by atoms with Gasteiger partial charge < -0.3 is 14.2 Å². The van der Waals surface area contributed by atoms with E-state index < -0.39 is 0 Å². The predicted octanol–water partition coefficient (Wildman–Crippen LogP) is 4.56. The Bertz CT molecular complexity index is 1050. The zero-order valence-corrected chi connectivity index (χ0v) is 14.0. The van der Waals surface area contributed by atoms with Crippen molar-refractivity contribution in [3.05, 3.63) is 78.3 Å². The summed E-state index contributed by atoms with van der Waals surface area (Å²) in [7, 11) is 0. The molecule has 0 unspecified atom stereocenters. The van der Waals surface area contributed by atoms with Crippen molar-refractivity contribution >= 4 is 11.6 Å². The lowest BCUT2D eigenvalue weighted by Crippen LogP contribution is -2.12. The highest BCUT2D eigenvalue weighted by Gasteiger charge is 2.14. The van der Waals surface area contributed by atoms with E-state index in [4.69, 9.17) is 8.83 Å². The number of hydrogen-bond donors (Lipinski definition) is 1. The van der Waals surface area contributed by atoms with E-state index in [1.54, 1.807) is 25.1 Å². The van der Waals surface area contributed by atoms with Crippen LogP contribution in [0.1, 0.15) is 16.1 Å². The molecule has 0 bridgehead atoms. The number of carbonyl (C=O) groups is 1. The Morgan fingerprint density at radius 3 is 2.38 bits per heavy atom. The monoisotopic (exact) mass is 345 g/mol. The molecule has 6 nitrogen and oxygen atoms in total. The average Bonchev–Trinajstić information content (AvgIpc) is 3.32. The first-order valence-electron chi connectivity index (χ1n) is 8.05. The maximum atomic E-state index is 12.3. The standard InChI is InChI=1S/C20H15N3O3/c1-13-17(10-11-25-13)18(24)21-16-9-5-8-15(12-16)20-23-22-19(26-20)14-6-3-2-4-7-14/h2-12H,1H3,(H,21,24). The number of furan rings is 1. The first kappa shape index (κ1) is 15.8. The Morgan fingerprint density at radius 2 is 1.65 bits per heavy atom. The zero-order valence-electron chi connectivity index (χ0n) is 14.0. The lowest BCUT2D eigenvalue weighted by molar-refractivity contribution is 0.102. The van der Waals surface area contributed by atoms with Crippen molar-refractivity contribution in [1.82, 2.24) is 10.2 Å². The number of benzene rings is 2. The first-order valence-corrected chi connectivity index (χ1v) is 8.05. The normalized spacial score (nSPS) is 10.7. The van der Waals surface area contributed by atoms with Crippen LogP contribution in [-0.2, 0) is 0 Å². The summed E-state index contributed by atoms with van der Waals surface area (Å²) in [4.78, 5) is 12.3. The lowest BCUT2D eigenvalue weighted by Gasteiger charge is -2.05. The number of anilines is 1. The highest BCUT2D eigenvalue weighted by molar-refractivity contribution is 6.05. The number of carbonyl (C=O) groups excluding carboxylic acids is 1. The van der Waals surface area contributed by atoms with Crippen molar-refractivity contribution < 1.29 is 13.6 Å². The molecule has 4 rings (SSSR count). The van der Waals surface area contributed by atoms with E-state index in [9.17, 15) is 4.79 Å². The Balaban J connectivity index is 1.57. The summed E-state index contributed by atoms with van der Waals surface area (Å²) >= 11 is 0. The van der Waals surface area contributed by atoms with Gasteiger partial charge in [-0.1, -0.05) is 24.3 Å². The number of aromatic nitrogens is 2. The van der Waals surface area contributed by atoms with Crippen LogP contribution in [0.25, 0.3) is 22.9 Å². The van der Waals surface area contributed by atoms with Gasteiger partial charge in [0.1, 0.15) is 5.76 Å². The van der Waals surface area contributed by atoms with Crippen molar-refractivity contribution in [1.29, 1.82) is 0 Å². The molecule has 2 aromatic carbocycles. The second-order valence-corrected chi connectivity index (χ2v) is 5.70. The molecule has 1 N–H and O–H groups in total. The molecule has 0 radical (unpaired) electrons. The van der Waals surface area contributed by atoms with Crippen LogP contribution in [0.3, 0.4) is 0 Å². The van der Waals surface area contributed by atoms with Gasteiger partial charge in [0, 0.05) is 16.8 Å². The predicted molar refractivity (Wildman–Crippen MR) is 96.6 cm³/mol. The van der Waals surface area contributed by atoms with E-state index >= 15 is 0 Å². The molecule has 0 aliphatic heterocycles. The molecular weight excluding hydrogens is 330 g/mol. The first-order chi connectivity index (χ1) is 12.7. The van der Waals surface area contributed by atoms with Crippen LogP contribution < -0.4 is 5.32 Å². The van der Waals surface area contributed by atoms with E-state index in [2.05, 4.69) is 15.5 Å². The third-order valence-corrected chi connectivity index (χ3v) is 3.92. The fraction of sp³-hybridized carbons (Fsp3) is 0.0500. The second kappa shape index (κ2) is 6.68. The van der Waals surface area contributed by atoms with Gasteiger partial charge in [0.2, 0.25) is 11.8 Å². The summed E-state index contributed by atoms with van der Waals surface area (Å²) in [5.41, 5.74) is 2.71. The highest BCUT2D eigenvalue weighted by Crippen LogP contribution is 2.25. The third kappa shape index (κ3) is 3.12. The minimum Gasteiger partial charge on any atom is -0.469 e. The van der Waals surface area contributed by atoms with Crippen LogP contribution in [-0.4, -0.2) is 16.1 Å². The maximum Gasteiger partial charge on any atom is 0.259 e. The SMILES string of the molecule is Cc1occc1C(=O)Nc1cccc(-c2nnc(-c3ccccc3)o2)c1. The summed E-state index contributed by atoms with van der Waals surface area (Å²) in [6, 6.07) is 18.4. The van der Waals surface area contributed by atoms with E-state index in [0.717, 1.165) is 11.1 Å². The van der Waals surface area contributed by atoms with Crippen molar-refractivity contribution in [3.63, 3.8) is 0 Å². The van der Waals surface area contributed by atoms with Crippen molar-refractivity contribution in [3.8, 4) is 22.9 Å². The number of rotatable bonds is 4. The van der Waals surface area contributed by atoms with Crippen LogP contribution in [0, 0.1) is 6.92 Å². The maximum absolute atomic E-state index is 12.3. The molecule has 0 saturated carbocycles. The number of hydrogen-bond acceptors (Lipinski definition) is 5. The summed E-state index contributed by atoms with van der Waals surface area (Å²) in [6.07, 6.45) is 1.49. The van der Waals surface area contributed by atoms with Gasteiger partial charge in [0.15, 0.2) is 0 Å². The number of aryl methyl sites for hydroxylation is 1. The van der Waals surface area contributed by atoms with Gasteiger partial charge in [-0.2, -0.15) is 0 Å². The molecule has 2 heterocycles. The van der Waals surface area contributed by atoms with Crippen LogP contribution in [0.4, 0.5) is 5.69 Å². The molecular formula is C20H15N3O3. The minimum absolute atomic E-state index is 0.232. The van der Waals surface area contributed by atoms with Crippen LogP contribution >= 0.6 is 0 Å². The van der Waals surface area contributed by atoms with Gasteiger partial charge in [0.25, 0.3) is 5.91 Å². The van der Waals surface area contributed by atoms with E-state index in [1.165, 1.54) is 6.26 Å². The third-order valence-electron chi connectivity index (χ3n) is 3.92. The van der Waals surface area contributed by atoms with Gasteiger partial charge in [-0.3, -0.25) is 4.79 Å². The van der Waals surface area contributed by atoms with Gasteiger partial charge in [-0.15, -0.1) is 10.2 Å². The fourth-order valence-corrected chi connectivity index (χ4v) is 2.59. The number of nitrogens with zero attached hydrogens (tertiary/aromatic N) is 2. The van der Waals surface area contributed by atoms with Gasteiger partial charge in [-0.25, -0.2) is 0 Å². The summed E-state index contributed by atoms with van der Waals surface area (Å²) in [5, 5.41) is 11.0. The summed E-state index contributed by atoms with van der Waals surface area (Å²) in [6.45, 7) is 1.74. The molecule has 128 valence electrons. The van der Waals surface area contributed by atoms with Crippen molar-refractivity contribution in [2.45, 2.75) is 6.92 Å². The fourth-order valence-electron chi connectivity index (χ4n) is 2.59. The minimum atomic E-state index is -0.232. The van der Waals surface area contributed by atoms with Crippen LogP contribution in [0.2, 0.25) is 0 Å². The van der Waals surface area contributed by atoms with Gasteiger partial charge in [0.05, 0.1) is 11.8 Å². The zero-order chi connectivity index (χ0) is 17.9. The summed E-state index contributed by atoms with van der Waals surface area (Å²) in [5.74, 6) is 1.18. The topological polar surface area (TPSA) is 81.2 Å². The molecule has 6 heteroatoms. The highest BCUT2D eigenvalue weighted by atomic mass is 16.4. The average molecular weight is 345 g/mol. The lowest BCUT2D eigenvalue weighted by atomic mass is 10.2. The van der Waals surface area contributed by atoms with E-state index in [1.807, 2.05) is 42.5 Å². The smallest absolute Gasteiger partial charge is 0.259 e. The molecule has 26 heavy (non-hydrogen) atoms. The molecule has 0 aliphatic rings. The molecule has 4 aromatic rings. The number of amides is 1. The largest absolute Gasteiger partial charge is 0.469 e. The molecule has 0 saturated heterocycles. The van der Waals surface area contributed by atoms with Crippen LogP contribution in [0.15, 0.2) is 75.8 Å². The quantitative estimate of drug-likeness (QED) is 0.586.